The van der Waals surface area contributed by atoms with E-state index in [-0.39, 0.29) is 12.3 Å². The second-order valence-corrected chi connectivity index (χ2v) is 6.13. The molecule has 0 fully saturated rings. The molecule has 1 N–H and O–H groups in total. The third-order valence-electron chi connectivity index (χ3n) is 3.86. The van der Waals surface area contributed by atoms with Crippen molar-refractivity contribution in [2.75, 3.05) is 7.05 Å². The third kappa shape index (κ3) is 4.07. The molecule has 0 saturated heterocycles. The molecule has 0 aliphatic rings. The maximum Gasteiger partial charge on any atom is 0.246 e. The van der Waals surface area contributed by atoms with Crippen molar-refractivity contribution in [1.82, 2.24) is 14.8 Å². The van der Waals surface area contributed by atoms with Crippen molar-refractivity contribution < 1.29 is 10.0 Å². The van der Waals surface area contributed by atoms with E-state index in [9.17, 15) is 10.0 Å². The van der Waals surface area contributed by atoms with Crippen molar-refractivity contribution in [2.45, 2.75) is 12.8 Å². The van der Waals surface area contributed by atoms with Gasteiger partial charge < -0.3 is 0 Å². The van der Waals surface area contributed by atoms with Crippen LogP contribution >= 0.6 is 11.6 Å². The molecule has 0 aliphatic carbocycles. The molecule has 25 heavy (non-hydrogen) atoms. The molecule has 0 aliphatic heterocycles. The van der Waals surface area contributed by atoms with Crippen LogP contribution in [-0.4, -0.2) is 33.0 Å². The Hall–Kier alpha value is -2.63. The van der Waals surface area contributed by atoms with Gasteiger partial charge in [-0.3, -0.25) is 10.0 Å². The van der Waals surface area contributed by atoms with Crippen molar-refractivity contribution in [3.05, 3.63) is 71.4 Å². The van der Waals surface area contributed by atoms with Gasteiger partial charge in [0.1, 0.15) is 0 Å². The van der Waals surface area contributed by atoms with E-state index < -0.39 is 0 Å². The van der Waals surface area contributed by atoms with Crippen molar-refractivity contribution >= 4 is 17.5 Å². The highest BCUT2D eigenvalue weighted by Gasteiger charge is 2.14. The molecule has 5 nitrogen and oxygen atoms in total. The highest BCUT2D eigenvalue weighted by Crippen LogP contribution is 2.26. The van der Waals surface area contributed by atoms with Crippen LogP contribution in [0, 0.1) is 0 Å². The van der Waals surface area contributed by atoms with Crippen LogP contribution < -0.4 is 0 Å². The summed E-state index contributed by atoms with van der Waals surface area (Å²) in [6, 6.07) is 19.3. The van der Waals surface area contributed by atoms with E-state index in [4.69, 9.17) is 11.6 Å². The van der Waals surface area contributed by atoms with E-state index >= 15 is 0 Å². The van der Waals surface area contributed by atoms with Crippen LogP contribution in [0.5, 0.6) is 0 Å². The average molecular weight is 356 g/mol. The predicted molar refractivity (Wildman–Crippen MR) is 96.9 cm³/mol. The molecule has 1 heterocycles. The fourth-order valence-corrected chi connectivity index (χ4v) is 2.67. The molecule has 0 radical (unpaired) electrons. The highest BCUT2D eigenvalue weighted by atomic mass is 35.5. The summed E-state index contributed by atoms with van der Waals surface area (Å²) < 4.78 is 1.85. The molecule has 0 unspecified atom stereocenters. The van der Waals surface area contributed by atoms with Gasteiger partial charge in [-0.15, -0.1) is 0 Å². The van der Waals surface area contributed by atoms with Crippen LogP contribution in [0.25, 0.3) is 16.9 Å². The lowest BCUT2D eigenvalue weighted by molar-refractivity contribution is -0.159. The molecule has 3 rings (SSSR count). The summed E-state index contributed by atoms with van der Waals surface area (Å²) in [4.78, 5) is 11.6. The van der Waals surface area contributed by atoms with E-state index in [0.717, 1.165) is 22.6 Å². The first-order valence-electron chi connectivity index (χ1n) is 7.90. The quantitative estimate of drug-likeness (QED) is 0.556. The predicted octanol–water partition coefficient (Wildman–Crippen LogP) is 3.97. The monoisotopic (exact) mass is 355 g/mol. The maximum atomic E-state index is 11.6. The first-order valence-corrected chi connectivity index (χ1v) is 8.28. The van der Waals surface area contributed by atoms with Crippen molar-refractivity contribution in [1.29, 1.82) is 0 Å². The smallest absolute Gasteiger partial charge is 0.246 e. The van der Waals surface area contributed by atoms with Gasteiger partial charge in [-0.05, 0) is 30.3 Å². The van der Waals surface area contributed by atoms with Crippen LogP contribution in [0.2, 0.25) is 5.02 Å². The van der Waals surface area contributed by atoms with Gasteiger partial charge in [-0.25, -0.2) is 9.75 Å². The van der Waals surface area contributed by atoms with Gasteiger partial charge in [0.2, 0.25) is 5.91 Å². The summed E-state index contributed by atoms with van der Waals surface area (Å²) in [5.74, 6) is -0.345. The normalized spacial score (nSPS) is 10.7. The summed E-state index contributed by atoms with van der Waals surface area (Å²) >= 11 is 5.99. The summed E-state index contributed by atoms with van der Waals surface area (Å²) in [5.41, 5.74) is 3.62. The van der Waals surface area contributed by atoms with Gasteiger partial charge in [0, 0.05) is 30.5 Å². The van der Waals surface area contributed by atoms with Crippen LogP contribution in [0.4, 0.5) is 0 Å². The number of carbonyl (C=O) groups is 1. The molecule has 128 valence electrons. The molecule has 2 aromatic carbocycles. The van der Waals surface area contributed by atoms with Gasteiger partial charge in [-0.2, -0.15) is 5.10 Å². The maximum absolute atomic E-state index is 11.6. The lowest BCUT2D eigenvalue weighted by Gasteiger charge is -2.07. The number of carbonyl (C=O) groups excluding carboxylic acids is 1. The summed E-state index contributed by atoms with van der Waals surface area (Å²) in [6.07, 6.45) is 0.642. The first kappa shape index (κ1) is 17.2. The molecular weight excluding hydrogens is 338 g/mol. The van der Waals surface area contributed by atoms with E-state index in [0.29, 0.717) is 16.5 Å². The van der Waals surface area contributed by atoms with Crippen molar-refractivity contribution in [3.8, 4) is 16.9 Å². The minimum atomic E-state index is -0.345. The Bertz CT molecular complexity index is 858. The van der Waals surface area contributed by atoms with Gasteiger partial charge in [0.15, 0.2) is 0 Å². The fourth-order valence-electron chi connectivity index (χ4n) is 2.54. The SMILES string of the molecule is CN(O)C(=O)CCc1cc(-c2ccc(Cl)cc2)n(-c2ccccc2)n1. The molecule has 1 amide bonds. The molecule has 3 aromatic rings. The Morgan fingerprint density at radius 3 is 2.48 bits per heavy atom. The minimum Gasteiger partial charge on any atom is -0.286 e. The number of hydrogen-bond donors (Lipinski definition) is 1. The second kappa shape index (κ2) is 7.51. The Morgan fingerprint density at radius 2 is 1.84 bits per heavy atom. The van der Waals surface area contributed by atoms with Gasteiger partial charge in [0.05, 0.1) is 17.1 Å². The van der Waals surface area contributed by atoms with E-state index in [1.807, 2.05) is 65.3 Å². The van der Waals surface area contributed by atoms with Crippen molar-refractivity contribution in [3.63, 3.8) is 0 Å². The number of para-hydroxylation sites is 1. The molecule has 6 heteroatoms. The molecule has 1 aromatic heterocycles. The fraction of sp³-hybridized carbons (Fsp3) is 0.158. The Morgan fingerprint density at radius 1 is 1.16 bits per heavy atom. The summed E-state index contributed by atoms with van der Waals surface area (Å²) in [6.45, 7) is 0. The number of halogens is 1. The number of hydroxylamine groups is 2. The Kier molecular flexibility index (Phi) is 5.16. The molecule has 0 saturated carbocycles. The summed E-state index contributed by atoms with van der Waals surface area (Å²) in [7, 11) is 1.32. The summed E-state index contributed by atoms with van der Waals surface area (Å²) in [5, 5.41) is 15.1. The molecule has 0 spiro atoms. The zero-order chi connectivity index (χ0) is 17.8. The molecule has 0 bridgehead atoms. The van der Waals surface area contributed by atoms with E-state index in [1.54, 1.807) is 0 Å². The highest BCUT2D eigenvalue weighted by molar-refractivity contribution is 6.30. The Balaban J connectivity index is 1.97. The minimum absolute atomic E-state index is 0.193. The second-order valence-electron chi connectivity index (χ2n) is 5.69. The van der Waals surface area contributed by atoms with Gasteiger partial charge in [-0.1, -0.05) is 41.9 Å². The van der Waals surface area contributed by atoms with Crippen LogP contribution in [-0.2, 0) is 11.2 Å². The van der Waals surface area contributed by atoms with Crippen LogP contribution in [0.3, 0.4) is 0 Å². The van der Waals surface area contributed by atoms with E-state index in [1.165, 1.54) is 7.05 Å². The largest absolute Gasteiger partial charge is 0.286 e. The topological polar surface area (TPSA) is 58.4 Å². The zero-order valence-electron chi connectivity index (χ0n) is 13.8. The molecule has 0 atom stereocenters. The number of hydrogen-bond acceptors (Lipinski definition) is 3. The number of amides is 1. The first-order chi connectivity index (χ1) is 12.0. The standard InChI is InChI=1S/C19H18ClN3O2/c1-22(25)19(24)12-11-16-13-18(14-7-9-15(20)10-8-14)23(21-16)17-5-3-2-4-6-17/h2-10,13,25H,11-12H2,1H3. The lowest BCUT2D eigenvalue weighted by Crippen LogP contribution is -2.22. The zero-order valence-corrected chi connectivity index (χ0v) is 14.5. The molecular formula is C19H18ClN3O2. The number of aryl methyl sites for hydroxylation is 1. The number of nitrogens with zero attached hydrogens (tertiary/aromatic N) is 3. The van der Waals surface area contributed by atoms with Gasteiger partial charge in [0.25, 0.3) is 0 Å². The average Bonchev–Trinajstić information content (AvgIpc) is 3.05. The lowest BCUT2D eigenvalue weighted by atomic mass is 10.1. The van der Waals surface area contributed by atoms with Gasteiger partial charge >= 0.3 is 0 Å². The Labute approximate surface area is 151 Å². The third-order valence-corrected chi connectivity index (χ3v) is 4.11. The number of benzene rings is 2. The van der Waals surface area contributed by atoms with Crippen LogP contribution in [0.15, 0.2) is 60.7 Å². The van der Waals surface area contributed by atoms with Crippen molar-refractivity contribution in [2.24, 2.45) is 0 Å². The van der Waals surface area contributed by atoms with Crippen LogP contribution in [0.1, 0.15) is 12.1 Å². The number of rotatable bonds is 5. The van der Waals surface area contributed by atoms with E-state index in [2.05, 4.69) is 5.10 Å². The number of aromatic nitrogens is 2.